The molecule has 1 aliphatic rings. The summed E-state index contributed by atoms with van der Waals surface area (Å²) >= 11 is 0. The van der Waals surface area contributed by atoms with E-state index in [0.29, 0.717) is 0 Å². The van der Waals surface area contributed by atoms with Crippen molar-refractivity contribution < 1.29 is 5.21 Å². The highest BCUT2D eigenvalue weighted by molar-refractivity contribution is 6.01. The molecular weight excluding hydrogens is 248 g/mol. The Kier molecular flexibility index (Phi) is 3.59. The molecule has 0 radical (unpaired) electrons. The van der Waals surface area contributed by atoms with Crippen LogP contribution >= 0.6 is 0 Å². The molecule has 2 aromatic carbocycles. The molecule has 0 saturated carbocycles. The Balaban J connectivity index is 1.81. The first kappa shape index (κ1) is 12.6. The maximum Gasteiger partial charge on any atom is 0.0756 e. The topological polar surface area (TPSA) is 45.0 Å². The minimum atomic E-state index is 0.241. The van der Waals surface area contributed by atoms with Gasteiger partial charge in [-0.2, -0.15) is 0 Å². The lowest BCUT2D eigenvalue weighted by Gasteiger charge is -2.06. The van der Waals surface area contributed by atoms with E-state index >= 15 is 0 Å². The number of hydrogen-bond acceptors (Lipinski definition) is 3. The average molecular weight is 264 g/mol. The van der Waals surface area contributed by atoms with Crippen LogP contribution in [0.15, 0.2) is 64.7 Å². The van der Waals surface area contributed by atoms with Crippen molar-refractivity contribution in [1.29, 1.82) is 0 Å². The number of nitrogens with zero attached hydrogens (tertiary/aromatic N) is 2. The highest BCUT2D eigenvalue weighted by atomic mass is 16.4. The third kappa shape index (κ3) is 2.62. The first-order valence-corrected chi connectivity index (χ1v) is 6.76. The number of aliphatic imine (C=N–C) groups is 1. The van der Waals surface area contributed by atoms with Crippen LogP contribution in [0.3, 0.4) is 0 Å². The third-order valence-corrected chi connectivity index (χ3v) is 3.60. The summed E-state index contributed by atoms with van der Waals surface area (Å²) in [5.74, 6) is 0. The lowest BCUT2D eigenvalue weighted by molar-refractivity contribution is 0.322. The molecule has 0 aromatic heterocycles. The van der Waals surface area contributed by atoms with E-state index < -0.39 is 0 Å². The van der Waals surface area contributed by atoms with E-state index in [9.17, 15) is 0 Å². The smallest absolute Gasteiger partial charge is 0.0756 e. The first-order chi connectivity index (χ1) is 9.86. The number of hydrogen-bond donors (Lipinski definition) is 1. The van der Waals surface area contributed by atoms with Crippen LogP contribution in [0, 0.1) is 0 Å². The van der Waals surface area contributed by atoms with Crippen LogP contribution in [0.2, 0.25) is 0 Å². The van der Waals surface area contributed by atoms with Crippen LogP contribution in [-0.4, -0.2) is 17.1 Å². The fourth-order valence-corrected chi connectivity index (χ4v) is 2.55. The molecule has 0 aliphatic carbocycles. The summed E-state index contributed by atoms with van der Waals surface area (Å²) in [7, 11) is 0. The summed E-state index contributed by atoms with van der Waals surface area (Å²) in [4.78, 5) is 4.84. The summed E-state index contributed by atoms with van der Waals surface area (Å²) in [6, 6.07) is 18.6. The highest BCUT2D eigenvalue weighted by Crippen LogP contribution is 2.30. The Morgan fingerprint density at radius 3 is 2.50 bits per heavy atom. The molecule has 0 spiro atoms. The second-order valence-corrected chi connectivity index (χ2v) is 4.91. The number of benzene rings is 2. The van der Waals surface area contributed by atoms with Crippen LogP contribution in [0.25, 0.3) is 0 Å². The van der Waals surface area contributed by atoms with Gasteiger partial charge in [0.05, 0.1) is 12.3 Å². The van der Waals surface area contributed by atoms with E-state index in [4.69, 9.17) is 10.2 Å². The summed E-state index contributed by atoms with van der Waals surface area (Å²) in [5.41, 5.74) is 4.52. The molecule has 1 atom stereocenters. The lowest BCUT2D eigenvalue weighted by Crippen LogP contribution is -1.94. The van der Waals surface area contributed by atoms with Crippen LogP contribution in [0.5, 0.6) is 0 Å². The first-order valence-electron chi connectivity index (χ1n) is 6.76. The maximum atomic E-state index is 8.51. The van der Waals surface area contributed by atoms with Gasteiger partial charge in [0.2, 0.25) is 0 Å². The molecule has 1 heterocycles. The van der Waals surface area contributed by atoms with Gasteiger partial charge in [0.1, 0.15) is 0 Å². The van der Waals surface area contributed by atoms with E-state index in [1.54, 1.807) is 0 Å². The van der Waals surface area contributed by atoms with Crippen molar-refractivity contribution in [2.24, 2.45) is 10.1 Å². The van der Waals surface area contributed by atoms with E-state index in [1.807, 2.05) is 30.3 Å². The van der Waals surface area contributed by atoms with Gasteiger partial charge in [-0.05, 0) is 29.5 Å². The molecule has 3 rings (SSSR count). The second-order valence-electron chi connectivity index (χ2n) is 4.91. The Bertz CT molecular complexity index is 630. The zero-order valence-electron chi connectivity index (χ0n) is 11.1. The van der Waals surface area contributed by atoms with Crippen LogP contribution in [-0.2, 0) is 0 Å². The van der Waals surface area contributed by atoms with E-state index in [1.165, 1.54) is 23.1 Å². The molecule has 0 amide bonds. The number of rotatable bonds is 3. The fourth-order valence-electron chi connectivity index (χ4n) is 2.55. The van der Waals surface area contributed by atoms with E-state index in [-0.39, 0.29) is 6.04 Å². The van der Waals surface area contributed by atoms with Gasteiger partial charge in [0, 0.05) is 5.71 Å². The fraction of sp³-hybridized carbons (Fsp3) is 0.176. The monoisotopic (exact) mass is 264 g/mol. The zero-order chi connectivity index (χ0) is 13.8. The molecule has 100 valence electrons. The van der Waals surface area contributed by atoms with Gasteiger partial charge in [-0.1, -0.05) is 59.8 Å². The normalized spacial score (nSPS) is 18.4. The number of oxime groups is 1. The highest BCUT2D eigenvalue weighted by Gasteiger charge is 2.19. The van der Waals surface area contributed by atoms with Gasteiger partial charge >= 0.3 is 0 Å². The molecule has 0 bridgehead atoms. The SMILES string of the molecule is O/N=C\c1ccc(C2CCC(c3ccccc3)=N2)cc1. The molecular formula is C17H16N2O. The van der Waals surface area contributed by atoms with E-state index in [0.717, 1.165) is 18.4 Å². The van der Waals surface area contributed by atoms with Gasteiger partial charge in [-0.3, -0.25) is 4.99 Å². The maximum absolute atomic E-state index is 8.51. The molecule has 2 aromatic rings. The quantitative estimate of drug-likeness (QED) is 0.511. The van der Waals surface area contributed by atoms with Crippen molar-refractivity contribution in [3.8, 4) is 0 Å². The summed E-state index contributed by atoms with van der Waals surface area (Å²) in [5, 5.41) is 11.5. The Morgan fingerprint density at radius 1 is 1.05 bits per heavy atom. The predicted octanol–water partition coefficient (Wildman–Crippen LogP) is 3.82. The van der Waals surface area contributed by atoms with Crippen molar-refractivity contribution in [2.75, 3.05) is 0 Å². The van der Waals surface area contributed by atoms with Gasteiger partial charge in [0.15, 0.2) is 0 Å². The van der Waals surface area contributed by atoms with Crippen LogP contribution < -0.4 is 0 Å². The molecule has 1 unspecified atom stereocenters. The lowest BCUT2D eigenvalue weighted by atomic mass is 10.0. The summed E-state index contributed by atoms with van der Waals surface area (Å²) in [6.07, 6.45) is 3.50. The van der Waals surface area contributed by atoms with Crippen molar-refractivity contribution in [3.05, 3.63) is 71.3 Å². The van der Waals surface area contributed by atoms with Gasteiger partial charge in [-0.15, -0.1) is 0 Å². The second kappa shape index (κ2) is 5.70. The third-order valence-electron chi connectivity index (χ3n) is 3.60. The minimum Gasteiger partial charge on any atom is -0.411 e. The summed E-state index contributed by atoms with van der Waals surface area (Å²) in [6.45, 7) is 0. The molecule has 1 aliphatic heterocycles. The van der Waals surface area contributed by atoms with Crippen molar-refractivity contribution >= 4 is 11.9 Å². The van der Waals surface area contributed by atoms with E-state index in [2.05, 4.69) is 29.4 Å². The molecule has 20 heavy (non-hydrogen) atoms. The van der Waals surface area contributed by atoms with Gasteiger partial charge in [-0.25, -0.2) is 0 Å². The molecule has 1 N–H and O–H groups in total. The molecule has 0 saturated heterocycles. The average Bonchev–Trinajstić information content (AvgIpc) is 2.99. The summed E-state index contributed by atoms with van der Waals surface area (Å²) < 4.78 is 0. The van der Waals surface area contributed by atoms with Gasteiger partial charge < -0.3 is 5.21 Å². The Labute approximate surface area is 118 Å². The van der Waals surface area contributed by atoms with Crippen LogP contribution in [0.4, 0.5) is 0 Å². The predicted molar refractivity (Wildman–Crippen MR) is 80.8 cm³/mol. The van der Waals surface area contributed by atoms with Crippen LogP contribution in [0.1, 0.15) is 35.6 Å². The standard InChI is InChI=1S/C17H16N2O/c20-18-12-13-6-8-15(9-7-13)17-11-10-16(19-17)14-4-2-1-3-5-14/h1-9,12,17,20H,10-11H2/b18-12-. The molecule has 3 nitrogen and oxygen atoms in total. The molecule has 0 fully saturated rings. The molecule has 3 heteroatoms. The van der Waals surface area contributed by atoms with Gasteiger partial charge in [0.25, 0.3) is 0 Å². The Hall–Kier alpha value is -2.42. The minimum absolute atomic E-state index is 0.241. The van der Waals surface area contributed by atoms with Crippen molar-refractivity contribution in [2.45, 2.75) is 18.9 Å². The zero-order valence-corrected chi connectivity index (χ0v) is 11.1. The largest absolute Gasteiger partial charge is 0.411 e. The van der Waals surface area contributed by atoms with Crippen molar-refractivity contribution in [1.82, 2.24) is 0 Å². The van der Waals surface area contributed by atoms with Crippen molar-refractivity contribution in [3.63, 3.8) is 0 Å². The Morgan fingerprint density at radius 2 is 1.80 bits per heavy atom.